The van der Waals surface area contributed by atoms with Gasteiger partial charge in [0.15, 0.2) is 0 Å². The van der Waals surface area contributed by atoms with Gasteiger partial charge in [-0.05, 0) is 53.1 Å². The lowest BCUT2D eigenvalue weighted by Gasteiger charge is -2.04. The molecule has 2 nitrogen and oxygen atoms in total. The predicted octanol–water partition coefficient (Wildman–Crippen LogP) is 3.73. The second-order valence-corrected chi connectivity index (χ2v) is 3.95. The Balaban J connectivity index is 2.41. The first-order chi connectivity index (χ1) is 9.04. The lowest BCUT2D eigenvalue weighted by atomic mass is 10.0. The third-order valence-electron chi connectivity index (χ3n) is 2.52. The number of carbonyl (C=O) groups is 1. The van der Waals surface area contributed by atoms with Gasteiger partial charge in [0.1, 0.15) is 11.6 Å². The molecule has 2 aromatic carbocycles. The van der Waals surface area contributed by atoms with E-state index in [1.54, 1.807) is 6.07 Å². The van der Waals surface area contributed by atoms with Crippen LogP contribution in [0.25, 0.3) is 17.2 Å². The first-order valence-corrected chi connectivity index (χ1v) is 5.52. The fourth-order valence-electron chi connectivity index (χ4n) is 1.69. The maximum absolute atomic E-state index is 13.5. The zero-order valence-corrected chi connectivity index (χ0v) is 9.81. The molecule has 0 spiro atoms. The van der Waals surface area contributed by atoms with Gasteiger partial charge in [-0.15, -0.1) is 0 Å². The van der Waals surface area contributed by atoms with Gasteiger partial charge in [-0.1, -0.05) is 12.1 Å². The van der Waals surface area contributed by atoms with E-state index in [-0.39, 0.29) is 5.82 Å². The third-order valence-corrected chi connectivity index (χ3v) is 2.52. The Morgan fingerprint density at radius 3 is 2.26 bits per heavy atom. The fraction of sp³-hybridized carbons (Fsp3) is 0. The molecular formula is C15H10F2O2. The molecule has 0 aliphatic carbocycles. The lowest BCUT2D eigenvalue weighted by Crippen LogP contribution is -1.87. The van der Waals surface area contributed by atoms with Gasteiger partial charge >= 0.3 is 5.97 Å². The summed E-state index contributed by atoms with van der Waals surface area (Å²) in [5, 5.41) is 8.54. The number of rotatable bonds is 3. The zero-order valence-electron chi connectivity index (χ0n) is 9.81. The second kappa shape index (κ2) is 5.44. The molecule has 2 aromatic rings. The summed E-state index contributed by atoms with van der Waals surface area (Å²) in [6.45, 7) is 0. The highest BCUT2D eigenvalue weighted by atomic mass is 19.1. The first-order valence-electron chi connectivity index (χ1n) is 5.52. The molecule has 0 atom stereocenters. The summed E-state index contributed by atoms with van der Waals surface area (Å²) >= 11 is 0. The molecule has 2 rings (SSSR count). The molecule has 0 saturated carbocycles. The summed E-state index contributed by atoms with van der Waals surface area (Å²) in [5.74, 6) is -1.95. The van der Waals surface area contributed by atoms with Gasteiger partial charge in [-0.3, -0.25) is 0 Å². The SMILES string of the molecule is O=C(O)/C=C/c1cc(F)cc(-c2ccc(F)cc2)c1. The molecule has 0 unspecified atom stereocenters. The van der Waals surface area contributed by atoms with Crippen molar-refractivity contribution in [3.8, 4) is 11.1 Å². The minimum atomic E-state index is -1.10. The maximum Gasteiger partial charge on any atom is 0.328 e. The minimum absolute atomic E-state index is 0.369. The Labute approximate surface area is 108 Å². The van der Waals surface area contributed by atoms with Crippen LogP contribution in [0.1, 0.15) is 5.56 Å². The van der Waals surface area contributed by atoms with Crippen LogP contribution in [0.3, 0.4) is 0 Å². The molecule has 0 radical (unpaired) electrons. The van der Waals surface area contributed by atoms with Crippen molar-refractivity contribution in [3.05, 3.63) is 65.7 Å². The molecule has 19 heavy (non-hydrogen) atoms. The van der Waals surface area contributed by atoms with E-state index in [1.165, 1.54) is 42.5 Å². The molecule has 4 heteroatoms. The number of benzene rings is 2. The van der Waals surface area contributed by atoms with Gasteiger partial charge in [0.25, 0.3) is 0 Å². The Kier molecular flexibility index (Phi) is 3.71. The van der Waals surface area contributed by atoms with Crippen molar-refractivity contribution in [2.24, 2.45) is 0 Å². The summed E-state index contributed by atoms with van der Waals surface area (Å²) in [6, 6.07) is 9.82. The van der Waals surface area contributed by atoms with E-state index in [4.69, 9.17) is 5.11 Å². The number of hydrogen-bond acceptors (Lipinski definition) is 1. The summed E-state index contributed by atoms with van der Waals surface area (Å²) in [7, 11) is 0. The average molecular weight is 260 g/mol. The van der Waals surface area contributed by atoms with Crippen LogP contribution in [0, 0.1) is 11.6 Å². The second-order valence-electron chi connectivity index (χ2n) is 3.95. The molecule has 0 bridgehead atoms. The number of hydrogen-bond donors (Lipinski definition) is 1. The number of carboxylic acid groups (broad SMARTS) is 1. The third kappa shape index (κ3) is 3.48. The monoisotopic (exact) mass is 260 g/mol. The van der Waals surface area contributed by atoms with Crippen molar-refractivity contribution < 1.29 is 18.7 Å². The zero-order chi connectivity index (χ0) is 13.8. The molecule has 1 N–H and O–H groups in total. The summed E-state index contributed by atoms with van der Waals surface area (Å²) in [4.78, 5) is 10.4. The maximum atomic E-state index is 13.5. The van der Waals surface area contributed by atoms with Crippen molar-refractivity contribution in [1.82, 2.24) is 0 Å². The van der Waals surface area contributed by atoms with Gasteiger partial charge in [-0.25, -0.2) is 13.6 Å². The van der Waals surface area contributed by atoms with Crippen molar-refractivity contribution in [2.75, 3.05) is 0 Å². The van der Waals surface area contributed by atoms with E-state index < -0.39 is 11.8 Å². The van der Waals surface area contributed by atoms with Crippen LogP contribution in [0.2, 0.25) is 0 Å². The predicted molar refractivity (Wildman–Crippen MR) is 68.5 cm³/mol. The number of carboxylic acids is 1. The van der Waals surface area contributed by atoms with Crippen molar-refractivity contribution >= 4 is 12.0 Å². The summed E-state index contributed by atoms with van der Waals surface area (Å²) < 4.78 is 26.3. The largest absolute Gasteiger partial charge is 0.478 e. The van der Waals surface area contributed by atoms with Crippen LogP contribution in [-0.2, 0) is 4.79 Å². The van der Waals surface area contributed by atoms with Gasteiger partial charge in [0.2, 0.25) is 0 Å². The average Bonchev–Trinajstić information content (AvgIpc) is 2.36. The van der Waals surface area contributed by atoms with Gasteiger partial charge in [0, 0.05) is 6.08 Å². The number of aliphatic carboxylic acids is 1. The van der Waals surface area contributed by atoms with Crippen LogP contribution >= 0.6 is 0 Å². The fourth-order valence-corrected chi connectivity index (χ4v) is 1.69. The molecule has 0 saturated heterocycles. The van der Waals surface area contributed by atoms with Gasteiger partial charge in [0.05, 0.1) is 0 Å². The molecule has 0 heterocycles. The highest BCUT2D eigenvalue weighted by Gasteiger charge is 2.02. The van der Waals surface area contributed by atoms with Crippen LogP contribution in [-0.4, -0.2) is 11.1 Å². The van der Waals surface area contributed by atoms with E-state index >= 15 is 0 Å². The topological polar surface area (TPSA) is 37.3 Å². The van der Waals surface area contributed by atoms with Gasteiger partial charge < -0.3 is 5.11 Å². The Morgan fingerprint density at radius 2 is 1.63 bits per heavy atom. The molecule has 0 aliphatic rings. The molecule has 0 aromatic heterocycles. The van der Waals surface area contributed by atoms with Crippen LogP contribution in [0.5, 0.6) is 0 Å². The minimum Gasteiger partial charge on any atom is -0.478 e. The van der Waals surface area contributed by atoms with E-state index in [2.05, 4.69) is 0 Å². The van der Waals surface area contributed by atoms with Crippen molar-refractivity contribution in [1.29, 1.82) is 0 Å². The summed E-state index contributed by atoms with van der Waals surface area (Å²) in [5.41, 5.74) is 1.65. The van der Waals surface area contributed by atoms with E-state index in [1.807, 2.05) is 0 Å². The molecule has 0 aliphatic heterocycles. The molecular weight excluding hydrogens is 250 g/mol. The van der Waals surface area contributed by atoms with E-state index in [0.29, 0.717) is 16.7 Å². The molecule has 96 valence electrons. The quantitative estimate of drug-likeness (QED) is 0.854. The van der Waals surface area contributed by atoms with Crippen LogP contribution < -0.4 is 0 Å². The summed E-state index contributed by atoms with van der Waals surface area (Å²) in [6.07, 6.45) is 2.24. The van der Waals surface area contributed by atoms with Crippen LogP contribution in [0.15, 0.2) is 48.5 Å². The Morgan fingerprint density at radius 1 is 0.947 bits per heavy atom. The normalized spacial score (nSPS) is 10.8. The molecule has 0 amide bonds. The Bertz CT molecular complexity index is 631. The van der Waals surface area contributed by atoms with E-state index in [0.717, 1.165) is 6.08 Å². The smallest absolute Gasteiger partial charge is 0.328 e. The highest BCUT2D eigenvalue weighted by Crippen LogP contribution is 2.23. The van der Waals surface area contributed by atoms with Gasteiger partial charge in [-0.2, -0.15) is 0 Å². The van der Waals surface area contributed by atoms with Crippen LogP contribution in [0.4, 0.5) is 8.78 Å². The standard InChI is InChI=1S/C15H10F2O2/c16-13-4-2-11(3-5-13)12-7-10(1-6-15(18)19)8-14(17)9-12/h1-9H,(H,18,19)/b6-1+. The Hall–Kier alpha value is -2.49. The lowest BCUT2D eigenvalue weighted by molar-refractivity contribution is -0.131. The van der Waals surface area contributed by atoms with E-state index in [9.17, 15) is 13.6 Å². The molecule has 0 fully saturated rings. The first kappa shape index (κ1) is 13.0. The van der Waals surface area contributed by atoms with Crippen molar-refractivity contribution in [2.45, 2.75) is 0 Å². The van der Waals surface area contributed by atoms with Crippen molar-refractivity contribution in [3.63, 3.8) is 0 Å². The highest BCUT2D eigenvalue weighted by molar-refractivity contribution is 5.85. The number of halogens is 2.